The van der Waals surface area contributed by atoms with Crippen molar-refractivity contribution >= 4 is 17.5 Å². The molecule has 0 spiro atoms. The van der Waals surface area contributed by atoms with Crippen LogP contribution in [0.3, 0.4) is 0 Å². The Balaban J connectivity index is 1.79. The number of anilines is 2. The second-order valence-corrected chi connectivity index (χ2v) is 5.86. The van der Waals surface area contributed by atoms with Crippen molar-refractivity contribution < 1.29 is 4.79 Å². The summed E-state index contributed by atoms with van der Waals surface area (Å²) in [6.45, 7) is 2.53. The molecule has 1 aromatic heterocycles. The van der Waals surface area contributed by atoms with Gasteiger partial charge in [-0.1, -0.05) is 48.5 Å². The molecule has 0 fully saturated rings. The van der Waals surface area contributed by atoms with E-state index in [2.05, 4.69) is 27.4 Å². The molecule has 5 heteroatoms. The van der Waals surface area contributed by atoms with Crippen molar-refractivity contribution in [2.24, 2.45) is 0 Å². The average molecular weight is 332 g/mol. The molecule has 0 aliphatic heterocycles. The third kappa shape index (κ3) is 4.41. The van der Waals surface area contributed by atoms with Crippen LogP contribution in [-0.2, 0) is 6.54 Å². The predicted octanol–water partition coefficient (Wildman–Crippen LogP) is 3.67. The zero-order chi connectivity index (χ0) is 17.6. The van der Waals surface area contributed by atoms with Crippen molar-refractivity contribution in [2.75, 3.05) is 17.3 Å². The molecule has 126 valence electrons. The molecule has 0 saturated heterocycles. The van der Waals surface area contributed by atoms with Crippen LogP contribution in [0.4, 0.5) is 11.6 Å². The summed E-state index contributed by atoms with van der Waals surface area (Å²) in [7, 11) is 1.92. The van der Waals surface area contributed by atoms with Crippen LogP contribution in [0.5, 0.6) is 0 Å². The molecule has 2 aromatic carbocycles. The fraction of sp³-hybridized carbons (Fsp3) is 0.150. The van der Waals surface area contributed by atoms with Crippen LogP contribution in [0, 0.1) is 6.92 Å². The molecule has 0 radical (unpaired) electrons. The van der Waals surface area contributed by atoms with Crippen LogP contribution < -0.4 is 10.2 Å². The van der Waals surface area contributed by atoms with E-state index in [1.165, 1.54) is 0 Å². The van der Waals surface area contributed by atoms with E-state index in [1.54, 1.807) is 6.07 Å². The highest BCUT2D eigenvalue weighted by atomic mass is 16.1. The molecule has 0 aliphatic carbocycles. The van der Waals surface area contributed by atoms with Gasteiger partial charge in [0.15, 0.2) is 0 Å². The van der Waals surface area contributed by atoms with Gasteiger partial charge in [-0.2, -0.15) is 0 Å². The Morgan fingerprint density at radius 1 is 1.00 bits per heavy atom. The van der Waals surface area contributed by atoms with Crippen molar-refractivity contribution in [3.05, 3.63) is 83.7 Å². The summed E-state index contributed by atoms with van der Waals surface area (Å²) in [5, 5.41) is 2.85. The minimum absolute atomic E-state index is 0.244. The van der Waals surface area contributed by atoms with E-state index in [9.17, 15) is 4.79 Å². The van der Waals surface area contributed by atoms with Crippen LogP contribution in [0.25, 0.3) is 0 Å². The van der Waals surface area contributed by atoms with Crippen molar-refractivity contribution in [1.82, 2.24) is 9.97 Å². The van der Waals surface area contributed by atoms with Gasteiger partial charge in [0.2, 0.25) is 5.95 Å². The maximum atomic E-state index is 12.5. The number of carbonyl (C=O) groups is 1. The van der Waals surface area contributed by atoms with E-state index in [4.69, 9.17) is 0 Å². The Bertz CT molecular complexity index is 850. The molecule has 0 bridgehead atoms. The highest BCUT2D eigenvalue weighted by molar-refractivity contribution is 6.03. The molecule has 0 aliphatic rings. The van der Waals surface area contributed by atoms with Gasteiger partial charge in [0, 0.05) is 25.0 Å². The fourth-order valence-electron chi connectivity index (χ4n) is 2.48. The summed E-state index contributed by atoms with van der Waals surface area (Å²) in [5.74, 6) is 0.285. The van der Waals surface area contributed by atoms with Crippen molar-refractivity contribution in [3.63, 3.8) is 0 Å². The maximum absolute atomic E-state index is 12.5. The molecule has 1 N–H and O–H groups in total. The number of carbonyl (C=O) groups excluding carboxylic acids is 1. The summed E-state index contributed by atoms with van der Waals surface area (Å²) in [6, 6.07) is 21.1. The average Bonchev–Trinajstić information content (AvgIpc) is 2.63. The van der Waals surface area contributed by atoms with Gasteiger partial charge < -0.3 is 10.2 Å². The van der Waals surface area contributed by atoms with Gasteiger partial charge in [-0.25, -0.2) is 9.97 Å². The van der Waals surface area contributed by atoms with E-state index in [0.717, 1.165) is 16.9 Å². The number of hydrogen-bond acceptors (Lipinski definition) is 4. The van der Waals surface area contributed by atoms with E-state index >= 15 is 0 Å². The maximum Gasteiger partial charge on any atom is 0.274 e. The molecule has 0 atom stereocenters. The number of benzene rings is 2. The number of nitrogens with zero attached hydrogens (tertiary/aromatic N) is 3. The number of aryl methyl sites for hydroxylation is 1. The lowest BCUT2D eigenvalue weighted by Crippen LogP contribution is -2.22. The first-order valence-electron chi connectivity index (χ1n) is 8.09. The number of rotatable bonds is 5. The minimum Gasteiger partial charge on any atom is -0.340 e. The number of amides is 1. The highest BCUT2D eigenvalue weighted by Gasteiger charge is 2.13. The Labute approximate surface area is 147 Å². The Morgan fingerprint density at radius 3 is 2.32 bits per heavy atom. The summed E-state index contributed by atoms with van der Waals surface area (Å²) >= 11 is 0. The normalized spacial score (nSPS) is 10.3. The zero-order valence-corrected chi connectivity index (χ0v) is 14.3. The molecule has 1 amide bonds. The van der Waals surface area contributed by atoms with Crippen molar-refractivity contribution in [1.29, 1.82) is 0 Å². The number of hydrogen-bond donors (Lipinski definition) is 1. The third-order valence-corrected chi connectivity index (χ3v) is 3.71. The van der Waals surface area contributed by atoms with E-state index < -0.39 is 0 Å². The lowest BCUT2D eigenvalue weighted by molar-refractivity contribution is 0.102. The van der Waals surface area contributed by atoms with Gasteiger partial charge in [0.05, 0.1) is 0 Å². The smallest absolute Gasteiger partial charge is 0.274 e. The molecule has 25 heavy (non-hydrogen) atoms. The third-order valence-electron chi connectivity index (χ3n) is 3.71. The molecule has 1 heterocycles. The fourth-order valence-corrected chi connectivity index (χ4v) is 2.48. The summed E-state index contributed by atoms with van der Waals surface area (Å²) < 4.78 is 0. The SMILES string of the molecule is Cc1cc(C(=O)Nc2ccccc2)nc(N(C)Cc2ccccc2)n1. The van der Waals surface area contributed by atoms with E-state index in [0.29, 0.717) is 18.2 Å². The molecule has 0 saturated carbocycles. The summed E-state index contributed by atoms with van der Waals surface area (Å²) in [5.41, 5.74) is 3.00. The molecule has 0 unspecified atom stereocenters. The first-order chi connectivity index (χ1) is 12.1. The Morgan fingerprint density at radius 2 is 1.64 bits per heavy atom. The lowest BCUT2D eigenvalue weighted by Gasteiger charge is -2.18. The van der Waals surface area contributed by atoms with Gasteiger partial charge in [-0.05, 0) is 30.7 Å². The zero-order valence-electron chi connectivity index (χ0n) is 14.3. The first-order valence-corrected chi connectivity index (χ1v) is 8.09. The van der Waals surface area contributed by atoms with Crippen LogP contribution in [0.15, 0.2) is 66.7 Å². The number of aromatic nitrogens is 2. The second-order valence-electron chi connectivity index (χ2n) is 5.86. The number of para-hydroxylation sites is 1. The monoisotopic (exact) mass is 332 g/mol. The van der Waals surface area contributed by atoms with Gasteiger partial charge >= 0.3 is 0 Å². The lowest BCUT2D eigenvalue weighted by atomic mass is 10.2. The Kier molecular flexibility index (Phi) is 5.04. The predicted molar refractivity (Wildman–Crippen MR) is 99.7 cm³/mol. The van der Waals surface area contributed by atoms with Gasteiger partial charge in [-0.15, -0.1) is 0 Å². The molecule has 3 aromatic rings. The molecular formula is C20H20N4O. The minimum atomic E-state index is -0.244. The largest absolute Gasteiger partial charge is 0.340 e. The van der Waals surface area contributed by atoms with E-state index in [1.807, 2.05) is 67.4 Å². The highest BCUT2D eigenvalue weighted by Crippen LogP contribution is 2.14. The van der Waals surface area contributed by atoms with E-state index in [-0.39, 0.29) is 5.91 Å². The van der Waals surface area contributed by atoms with Crippen LogP contribution in [0.2, 0.25) is 0 Å². The standard InChI is InChI=1S/C20H20N4O/c1-15-13-18(19(25)22-17-11-7-4-8-12-17)23-20(21-15)24(2)14-16-9-5-3-6-10-16/h3-13H,14H2,1-2H3,(H,22,25). The van der Waals surface area contributed by atoms with Crippen LogP contribution in [-0.4, -0.2) is 22.9 Å². The summed E-state index contributed by atoms with van der Waals surface area (Å²) in [4.78, 5) is 23.3. The molecular weight excluding hydrogens is 312 g/mol. The summed E-state index contributed by atoms with van der Waals surface area (Å²) in [6.07, 6.45) is 0. The van der Waals surface area contributed by atoms with Crippen molar-refractivity contribution in [3.8, 4) is 0 Å². The number of nitrogens with one attached hydrogen (secondary N) is 1. The Hall–Kier alpha value is -3.21. The van der Waals surface area contributed by atoms with Crippen LogP contribution >= 0.6 is 0 Å². The topological polar surface area (TPSA) is 58.1 Å². The second kappa shape index (κ2) is 7.57. The van der Waals surface area contributed by atoms with Crippen LogP contribution in [0.1, 0.15) is 21.7 Å². The van der Waals surface area contributed by atoms with Gasteiger partial charge in [0.1, 0.15) is 5.69 Å². The van der Waals surface area contributed by atoms with Gasteiger partial charge in [-0.3, -0.25) is 4.79 Å². The van der Waals surface area contributed by atoms with Gasteiger partial charge in [0.25, 0.3) is 5.91 Å². The van der Waals surface area contributed by atoms with Crippen molar-refractivity contribution in [2.45, 2.75) is 13.5 Å². The molecule has 5 nitrogen and oxygen atoms in total. The quantitative estimate of drug-likeness (QED) is 0.774. The first kappa shape index (κ1) is 16.6. The molecule has 3 rings (SSSR count).